The zero-order valence-electron chi connectivity index (χ0n) is 14.0. The molecule has 1 aliphatic rings. The highest BCUT2D eigenvalue weighted by Gasteiger charge is 2.33. The molecule has 1 N–H and O–H groups in total. The largest absolute Gasteiger partial charge is 0.383 e. The zero-order valence-corrected chi connectivity index (χ0v) is 14.0. The van der Waals surface area contributed by atoms with Gasteiger partial charge in [0.15, 0.2) is 0 Å². The minimum absolute atomic E-state index is 0.00977. The van der Waals surface area contributed by atoms with Gasteiger partial charge in [-0.25, -0.2) is 4.98 Å². The Labute approximate surface area is 140 Å². The number of carbonyl (C=O) groups is 2. The highest BCUT2D eigenvalue weighted by Crippen LogP contribution is 2.18. The van der Waals surface area contributed by atoms with Crippen molar-refractivity contribution < 1.29 is 14.3 Å². The van der Waals surface area contributed by atoms with Crippen LogP contribution in [0.3, 0.4) is 0 Å². The van der Waals surface area contributed by atoms with Gasteiger partial charge in [0.2, 0.25) is 11.8 Å². The van der Waals surface area contributed by atoms with Crippen molar-refractivity contribution in [2.24, 2.45) is 5.92 Å². The predicted molar refractivity (Wildman–Crippen MR) is 88.3 cm³/mol. The molecule has 0 unspecified atom stereocenters. The predicted octanol–water partition coefficient (Wildman–Crippen LogP) is 0.754. The molecule has 7 nitrogen and oxygen atoms in total. The topological polar surface area (TPSA) is 75.9 Å². The van der Waals surface area contributed by atoms with Gasteiger partial charge in [-0.15, -0.1) is 0 Å². The number of aromatic nitrogens is 2. The van der Waals surface area contributed by atoms with Crippen molar-refractivity contribution in [1.29, 1.82) is 0 Å². The molecule has 2 aromatic heterocycles. The first-order valence-electron chi connectivity index (χ1n) is 8.06. The summed E-state index contributed by atoms with van der Waals surface area (Å²) in [6, 6.07) is 5.90. The molecule has 0 bridgehead atoms. The van der Waals surface area contributed by atoms with E-state index in [1.165, 1.54) is 0 Å². The molecule has 0 aromatic carbocycles. The van der Waals surface area contributed by atoms with E-state index in [1.54, 1.807) is 12.0 Å². The molecule has 1 saturated heterocycles. The van der Waals surface area contributed by atoms with Gasteiger partial charge in [0, 0.05) is 38.5 Å². The quantitative estimate of drug-likeness (QED) is 0.848. The summed E-state index contributed by atoms with van der Waals surface area (Å²) in [5, 5.41) is 2.89. The number of methoxy groups -OCH3 is 1. The van der Waals surface area contributed by atoms with Gasteiger partial charge in [-0.3, -0.25) is 9.59 Å². The first-order chi connectivity index (χ1) is 11.6. The van der Waals surface area contributed by atoms with Crippen LogP contribution < -0.4 is 5.32 Å². The molecule has 2 amide bonds. The van der Waals surface area contributed by atoms with Crippen LogP contribution in [0.15, 0.2) is 24.4 Å². The Kier molecular flexibility index (Phi) is 4.80. The van der Waals surface area contributed by atoms with Gasteiger partial charge >= 0.3 is 0 Å². The van der Waals surface area contributed by atoms with E-state index in [1.807, 2.05) is 35.7 Å². The number of carbonyl (C=O) groups excluding carboxylic acids is 2. The lowest BCUT2D eigenvalue weighted by atomic mass is 10.1. The second-order valence-corrected chi connectivity index (χ2v) is 6.08. The van der Waals surface area contributed by atoms with Crippen molar-refractivity contribution in [3.05, 3.63) is 35.8 Å². The Balaban J connectivity index is 1.57. The Bertz CT molecular complexity index is 755. The van der Waals surface area contributed by atoms with Gasteiger partial charge in [0.05, 0.1) is 24.8 Å². The minimum atomic E-state index is -0.298. The average Bonchev–Trinajstić information content (AvgIpc) is 3.15. The summed E-state index contributed by atoms with van der Waals surface area (Å²) in [5.74, 6) is -0.388. The number of rotatable bonds is 6. The normalized spacial score (nSPS) is 17.7. The number of hydrogen-bond donors (Lipinski definition) is 1. The Morgan fingerprint density at radius 1 is 1.46 bits per heavy atom. The van der Waals surface area contributed by atoms with Gasteiger partial charge < -0.3 is 19.4 Å². The van der Waals surface area contributed by atoms with Crippen LogP contribution >= 0.6 is 0 Å². The highest BCUT2D eigenvalue weighted by atomic mass is 16.5. The number of likely N-dealkylation sites (tertiary alicyclic amines) is 1. The molecule has 0 aliphatic carbocycles. The standard InChI is InChI=1S/C17H22N4O3/c1-12-4-3-5-15-19-14(11-21(12)15)9-18-17(23)13-8-16(22)20(10-13)6-7-24-2/h3-5,11,13H,6-10H2,1-2H3,(H,18,23)/t13-/m1/s1. The molecule has 24 heavy (non-hydrogen) atoms. The van der Waals surface area contributed by atoms with Crippen LogP contribution in [0.25, 0.3) is 5.65 Å². The summed E-state index contributed by atoms with van der Waals surface area (Å²) in [7, 11) is 1.60. The number of amides is 2. The second kappa shape index (κ2) is 7.00. The Hall–Kier alpha value is -2.41. The average molecular weight is 330 g/mol. The van der Waals surface area contributed by atoms with E-state index in [9.17, 15) is 9.59 Å². The maximum atomic E-state index is 12.3. The molecule has 3 heterocycles. The van der Waals surface area contributed by atoms with Crippen molar-refractivity contribution in [2.45, 2.75) is 19.9 Å². The van der Waals surface area contributed by atoms with E-state index in [-0.39, 0.29) is 24.2 Å². The maximum absolute atomic E-state index is 12.3. The van der Waals surface area contributed by atoms with E-state index in [4.69, 9.17) is 4.74 Å². The number of aryl methyl sites for hydroxylation is 1. The number of nitrogens with zero attached hydrogens (tertiary/aromatic N) is 3. The third-order valence-electron chi connectivity index (χ3n) is 4.34. The van der Waals surface area contributed by atoms with Crippen LogP contribution in [0.2, 0.25) is 0 Å². The fraction of sp³-hybridized carbons (Fsp3) is 0.471. The van der Waals surface area contributed by atoms with E-state index in [0.29, 0.717) is 26.2 Å². The van der Waals surface area contributed by atoms with Gasteiger partial charge in [-0.05, 0) is 19.1 Å². The minimum Gasteiger partial charge on any atom is -0.383 e. The Morgan fingerprint density at radius 2 is 2.29 bits per heavy atom. The number of ether oxygens (including phenoxy) is 1. The molecule has 0 saturated carbocycles. The SMILES string of the molecule is COCCN1C[C@H](C(=O)NCc2cn3c(C)cccc3n2)CC1=O. The third-order valence-corrected chi connectivity index (χ3v) is 4.34. The first-order valence-corrected chi connectivity index (χ1v) is 8.06. The van der Waals surface area contributed by atoms with Crippen LogP contribution in [0.5, 0.6) is 0 Å². The van der Waals surface area contributed by atoms with Crippen LogP contribution in [0.4, 0.5) is 0 Å². The van der Waals surface area contributed by atoms with Gasteiger partial charge in [0.1, 0.15) is 5.65 Å². The number of nitrogens with one attached hydrogen (secondary N) is 1. The summed E-state index contributed by atoms with van der Waals surface area (Å²) in [4.78, 5) is 30.4. The fourth-order valence-electron chi connectivity index (χ4n) is 2.97. The molecule has 3 rings (SSSR count). The monoisotopic (exact) mass is 330 g/mol. The Morgan fingerprint density at radius 3 is 3.04 bits per heavy atom. The summed E-state index contributed by atoms with van der Waals surface area (Å²) < 4.78 is 6.98. The van der Waals surface area contributed by atoms with Crippen molar-refractivity contribution in [2.75, 3.05) is 26.8 Å². The van der Waals surface area contributed by atoms with E-state index < -0.39 is 0 Å². The van der Waals surface area contributed by atoms with E-state index in [0.717, 1.165) is 17.0 Å². The number of fused-ring (bicyclic) bond motifs is 1. The van der Waals surface area contributed by atoms with Crippen molar-refractivity contribution in [1.82, 2.24) is 19.6 Å². The maximum Gasteiger partial charge on any atom is 0.225 e. The first kappa shape index (κ1) is 16.4. The number of pyridine rings is 1. The van der Waals surface area contributed by atoms with Gasteiger partial charge in [-0.1, -0.05) is 6.07 Å². The molecule has 2 aromatic rings. The summed E-state index contributed by atoms with van der Waals surface area (Å²) in [6.07, 6.45) is 2.19. The van der Waals surface area contributed by atoms with E-state index >= 15 is 0 Å². The van der Waals surface area contributed by atoms with Crippen LogP contribution in [0, 0.1) is 12.8 Å². The molecule has 128 valence electrons. The molecule has 0 radical (unpaired) electrons. The van der Waals surface area contributed by atoms with Crippen LogP contribution in [0.1, 0.15) is 17.8 Å². The summed E-state index contributed by atoms with van der Waals surface area (Å²) >= 11 is 0. The molecule has 1 aliphatic heterocycles. The number of imidazole rings is 1. The summed E-state index contributed by atoms with van der Waals surface area (Å²) in [6.45, 7) is 3.85. The fourth-order valence-corrected chi connectivity index (χ4v) is 2.97. The van der Waals surface area contributed by atoms with Gasteiger partial charge in [0.25, 0.3) is 0 Å². The lowest BCUT2D eigenvalue weighted by Gasteiger charge is -2.15. The van der Waals surface area contributed by atoms with Crippen molar-refractivity contribution in [3.63, 3.8) is 0 Å². The molecule has 1 atom stereocenters. The number of hydrogen-bond acceptors (Lipinski definition) is 4. The molecule has 0 spiro atoms. The van der Waals surface area contributed by atoms with Crippen molar-refractivity contribution >= 4 is 17.5 Å². The van der Waals surface area contributed by atoms with E-state index in [2.05, 4.69) is 10.3 Å². The van der Waals surface area contributed by atoms with Crippen LogP contribution in [-0.2, 0) is 20.9 Å². The molecular weight excluding hydrogens is 308 g/mol. The third kappa shape index (κ3) is 3.41. The van der Waals surface area contributed by atoms with Crippen molar-refractivity contribution in [3.8, 4) is 0 Å². The lowest BCUT2D eigenvalue weighted by Crippen LogP contribution is -2.33. The molecule has 7 heteroatoms. The van der Waals surface area contributed by atoms with Crippen LogP contribution in [-0.4, -0.2) is 52.9 Å². The molecule has 1 fully saturated rings. The lowest BCUT2D eigenvalue weighted by molar-refractivity contribution is -0.129. The van der Waals surface area contributed by atoms with Gasteiger partial charge in [-0.2, -0.15) is 0 Å². The molecular formula is C17H22N4O3. The highest BCUT2D eigenvalue weighted by molar-refractivity contribution is 5.89. The second-order valence-electron chi connectivity index (χ2n) is 6.08. The summed E-state index contributed by atoms with van der Waals surface area (Å²) in [5.41, 5.74) is 2.76. The smallest absolute Gasteiger partial charge is 0.225 e. The zero-order chi connectivity index (χ0) is 17.1.